The zero-order valence-electron chi connectivity index (χ0n) is 40.6. The number of ether oxygens (including phenoxy) is 2. The second kappa shape index (κ2) is 21.2. The first-order valence-electron chi connectivity index (χ1n) is 25.0. The Balaban J connectivity index is 0.741. The van der Waals surface area contributed by atoms with E-state index in [0.29, 0.717) is 36.3 Å². The van der Waals surface area contributed by atoms with Crippen molar-refractivity contribution in [3.05, 3.63) is 106 Å². The first-order valence-corrected chi connectivity index (χ1v) is 25.0. The number of nitrogens with one attached hydrogen (secondary N) is 2. The Bertz CT molecular complexity index is 2720. The number of aliphatic hydroxyl groups excluding tert-OH is 1. The lowest BCUT2D eigenvalue weighted by Gasteiger charge is -2.38. The van der Waals surface area contributed by atoms with E-state index in [1.165, 1.54) is 36.6 Å². The van der Waals surface area contributed by atoms with Gasteiger partial charge in [0.05, 0.1) is 17.7 Å². The number of hydrogen-bond acceptors (Lipinski definition) is 10. The molecule has 3 fully saturated rings. The van der Waals surface area contributed by atoms with Crippen LogP contribution in [0.25, 0.3) is 22.0 Å². The second-order valence-corrected chi connectivity index (χ2v) is 19.7. The highest BCUT2D eigenvalue weighted by molar-refractivity contribution is 6.09. The number of aryl methyl sites for hydroxylation is 1. The highest BCUT2D eigenvalue weighted by atomic mass is 19.1. The van der Waals surface area contributed by atoms with Gasteiger partial charge in [0, 0.05) is 61.6 Å². The van der Waals surface area contributed by atoms with Crippen molar-refractivity contribution in [2.45, 2.75) is 82.7 Å². The number of urea groups is 1. The molecular formula is C54H66F2N8O6. The van der Waals surface area contributed by atoms with Crippen LogP contribution in [0.15, 0.2) is 66.7 Å². The Morgan fingerprint density at radius 2 is 1.71 bits per heavy atom. The standard InChI is InChI=1S/C54H66F2N8O6/c1-34-42(55)31-45-48(47(34)49-41(51(57)67)14-15-44(50(49)56)69-29-28-65)35(2)54(70-45,39-10-6-4-7-11-39)33-58-21-8-5-9-22-62-23-16-36(17-24-62)32-63-25-18-37(19-26-63)38-12-13-40-43(30-38)61(3)60-52(40)64-27-20-46(66)59-53(64)68/h4,6-7,10-15,30-31,35-37,58,65H,5,8-9,16-29,32-33H2,1-3H3,(H2,57,67)(H,59,66,68). The van der Waals surface area contributed by atoms with Gasteiger partial charge in [-0.2, -0.15) is 5.10 Å². The van der Waals surface area contributed by atoms with Crippen LogP contribution in [-0.4, -0.2) is 115 Å². The van der Waals surface area contributed by atoms with Gasteiger partial charge in [0.15, 0.2) is 23.0 Å². The van der Waals surface area contributed by atoms with Crippen LogP contribution >= 0.6 is 0 Å². The molecule has 0 saturated carbocycles. The molecule has 9 rings (SSSR count). The topological polar surface area (TPSA) is 168 Å². The van der Waals surface area contributed by atoms with Crippen LogP contribution in [0.1, 0.15) is 103 Å². The summed E-state index contributed by atoms with van der Waals surface area (Å²) in [7, 11) is 1.91. The van der Waals surface area contributed by atoms with Gasteiger partial charge in [-0.15, -0.1) is 0 Å². The molecule has 4 aromatic carbocycles. The summed E-state index contributed by atoms with van der Waals surface area (Å²) in [6.45, 7) is 11.2. The molecule has 16 heteroatoms. The fraction of sp³-hybridized carbons (Fsp3) is 0.481. The maximum atomic E-state index is 16.4. The number of fused-ring (bicyclic) bond motifs is 2. The van der Waals surface area contributed by atoms with Gasteiger partial charge in [0.1, 0.15) is 18.2 Å². The summed E-state index contributed by atoms with van der Waals surface area (Å²) in [4.78, 5) is 43.8. The number of nitrogens with zero attached hydrogens (tertiary/aromatic N) is 5. The number of anilines is 1. The Labute approximate surface area is 408 Å². The third-order valence-corrected chi connectivity index (χ3v) is 15.3. The average molecular weight is 961 g/mol. The van der Waals surface area contributed by atoms with E-state index in [0.717, 1.165) is 94.4 Å². The van der Waals surface area contributed by atoms with Crippen LogP contribution in [0.2, 0.25) is 0 Å². The fourth-order valence-corrected chi connectivity index (χ4v) is 11.4. The first kappa shape index (κ1) is 49.1. The predicted molar refractivity (Wildman–Crippen MR) is 265 cm³/mol. The lowest BCUT2D eigenvalue weighted by molar-refractivity contribution is -0.120. The van der Waals surface area contributed by atoms with Crippen molar-refractivity contribution in [1.82, 2.24) is 30.2 Å². The molecule has 3 saturated heterocycles. The van der Waals surface area contributed by atoms with E-state index in [1.807, 2.05) is 49.0 Å². The summed E-state index contributed by atoms with van der Waals surface area (Å²) in [5.41, 5.74) is 8.73. The van der Waals surface area contributed by atoms with Crippen molar-refractivity contribution in [3.63, 3.8) is 0 Å². The number of hydrogen-bond donors (Lipinski definition) is 4. The number of nitrogens with two attached hydrogens (primary N) is 1. The summed E-state index contributed by atoms with van der Waals surface area (Å²) in [5.74, 6) is -1.08. The molecule has 372 valence electrons. The molecule has 4 aliphatic rings. The molecule has 70 heavy (non-hydrogen) atoms. The maximum Gasteiger partial charge on any atom is 0.329 e. The minimum absolute atomic E-state index is 0.105. The van der Waals surface area contributed by atoms with E-state index >= 15 is 8.78 Å². The van der Waals surface area contributed by atoms with Crippen molar-refractivity contribution >= 4 is 34.6 Å². The van der Waals surface area contributed by atoms with Crippen molar-refractivity contribution in [2.75, 3.05) is 77.0 Å². The van der Waals surface area contributed by atoms with E-state index in [-0.39, 0.29) is 59.3 Å². The smallest absolute Gasteiger partial charge is 0.329 e. The number of piperidine rings is 2. The van der Waals surface area contributed by atoms with Gasteiger partial charge < -0.3 is 35.4 Å². The predicted octanol–water partition coefficient (Wildman–Crippen LogP) is 7.49. The van der Waals surface area contributed by atoms with Crippen LogP contribution in [-0.2, 0) is 17.4 Å². The Kier molecular flexibility index (Phi) is 14.9. The number of rotatable bonds is 18. The molecule has 1 aromatic heterocycles. The highest BCUT2D eigenvalue weighted by Gasteiger charge is 2.49. The zero-order chi connectivity index (χ0) is 49.1. The number of unbranched alkanes of at least 4 members (excludes halogenated alkanes) is 2. The van der Waals surface area contributed by atoms with Crippen LogP contribution in [0.4, 0.5) is 19.4 Å². The van der Waals surface area contributed by atoms with E-state index < -0.39 is 35.1 Å². The van der Waals surface area contributed by atoms with Crippen molar-refractivity contribution < 1.29 is 37.7 Å². The van der Waals surface area contributed by atoms with Crippen molar-refractivity contribution in [2.24, 2.45) is 18.7 Å². The third kappa shape index (κ3) is 9.88. The summed E-state index contributed by atoms with van der Waals surface area (Å²) < 4.78 is 46.4. The quantitative estimate of drug-likeness (QED) is 0.0647. The number of aliphatic hydroxyl groups is 1. The van der Waals surface area contributed by atoms with Gasteiger partial charge in [-0.25, -0.2) is 13.6 Å². The van der Waals surface area contributed by atoms with Crippen LogP contribution in [0.3, 0.4) is 0 Å². The SMILES string of the molecule is Cc1c(F)cc2c(c1-c1c(C(N)=O)ccc(OCCO)c1F)C(C)C(CNCCCCCN1CCC(CN3CCC(c4ccc5c(N6CCC(=O)NC6=O)nn(C)c5c4)CC3)CC1)(c1ccccc1)O2. The molecule has 5 heterocycles. The molecule has 0 spiro atoms. The number of halogens is 2. The largest absolute Gasteiger partial charge is 0.488 e. The van der Waals surface area contributed by atoms with Gasteiger partial charge in [-0.3, -0.25) is 24.5 Å². The lowest BCUT2D eigenvalue weighted by atomic mass is 9.76. The van der Waals surface area contributed by atoms with Crippen LogP contribution in [0, 0.1) is 24.5 Å². The summed E-state index contributed by atoms with van der Waals surface area (Å²) in [6.07, 6.45) is 8.10. The van der Waals surface area contributed by atoms with E-state index in [9.17, 15) is 19.5 Å². The third-order valence-electron chi connectivity index (χ3n) is 15.3. The zero-order valence-corrected chi connectivity index (χ0v) is 40.6. The number of aromatic nitrogens is 2. The summed E-state index contributed by atoms with van der Waals surface area (Å²) in [6, 6.07) is 19.9. The molecular weight excluding hydrogens is 895 g/mol. The van der Waals surface area contributed by atoms with Gasteiger partial charge in [-0.05, 0) is 143 Å². The molecule has 0 bridgehead atoms. The Morgan fingerprint density at radius 3 is 2.44 bits per heavy atom. The number of carbonyl (C=O) groups excluding carboxylic acids is 3. The van der Waals surface area contributed by atoms with Crippen molar-refractivity contribution in [1.29, 1.82) is 0 Å². The number of amides is 4. The molecule has 2 unspecified atom stereocenters. The minimum Gasteiger partial charge on any atom is -0.488 e. The molecule has 4 amide bonds. The maximum absolute atomic E-state index is 16.4. The van der Waals surface area contributed by atoms with Gasteiger partial charge >= 0.3 is 6.03 Å². The number of likely N-dealkylation sites (tertiary alicyclic amines) is 2. The number of imide groups is 1. The summed E-state index contributed by atoms with van der Waals surface area (Å²) in [5, 5.41) is 21.0. The lowest BCUT2D eigenvalue weighted by Crippen LogP contribution is -2.49. The second-order valence-electron chi connectivity index (χ2n) is 19.7. The number of benzene rings is 4. The van der Waals surface area contributed by atoms with Crippen LogP contribution in [0.5, 0.6) is 11.5 Å². The average Bonchev–Trinajstić information content (AvgIpc) is 3.83. The molecule has 14 nitrogen and oxygen atoms in total. The molecule has 2 atom stereocenters. The molecule has 5 aromatic rings. The van der Waals surface area contributed by atoms with E-state index in [2.05, 4.69) is 43.7 Å². The summed E-state index contributed by atoms with van der Waals surface area (Å²) >= 11 is 0. The van der Waals surface area contributed by atoms with E-state index in [4.69, 9.17) is 15.2 Å². The van der Waals surface area contributed by atoms with Gasteiger partial charge in [0.25, 0.3) is 0 Å². The minimum atomic E-state index is -0.964. The van der Waals surface area contributed by atoms with E-state index in [1.54, 1.807) is 11.8 Å². The monoisotopic (exact) mass is 961 g/mol. The first-order chi connectivity index (χ1) is 33.9. The molecule has 0 radical (unpaired) electrons. The normalized spacial score (nSPS) is 20.5. The van der Waals surface area contributed by atoms with Gasteiger partial charge in [0.2, 0.25) is 11.8 Å². The van der Waals surface area contributed by atoms with Gasteiger partial charge in [-0.1, -0.05) is 49.7 Å². The molecule has 5 N–H and O–H groups in total. The molecule has 0 aliphatic carbocycles. The van der Waals surface area contributed by atoms with Crippen molar-refractivity contribution in [3.8, 4) is 22.6 Å². The number of carbonyl (C=O) groups is 3. The Hall–Kier alpha value is -5.94. The fourth-order valence-electron chi connectivity index (χ4n) is 11.4. The highest BCUT2D eigenvalue weighted by Crippen LogP contribution is 2.55. The van der Waals surface area contributed by atoms with Crippen LogP contribution < -0.4 is 30.7 Å². The Morgan fingerprint density at radius 1 is 0.957 bits per heavy atom. The number of primary amides is 1. The molecule has 4 aliphatic heterocycles.